The van der Waals surface area contributed by atoms with E-state index in [0.29, 0.717) is 0 Å². The van der Waals surface area contributed by atoms with Crippen LogP contribution in [-0.4, -0.2) is 5.91 Å². The summed E-state index contributed by atoms with van der Waals surface area (Å²) in [6.07, 6.45) is 5.87. The second-order valence-electron chi connectivity index (χ2n) is 4.55. The number of amides is 1. The number of halogens is 1. The number of aryl methyl sites for hydroxylation is 2. The number of carbonyl (C=O) groups excluding carboxylic acids is 1. The van der Waals surface area contributed by atoms with E-state index in [0.717, 1.165) is 34.1 Å². The van der Waals surface area contributed by atoms with Gasteiger partial charge in [0.1, 0.15) is 0 Å². The Labute approximate surface area is 110 Å². The second-order valence-corrected chi connectivity index (χ2v) is 5.35. The Balaban J connectivity index is 2.11. The fraction of sp³-hybridized carbons (Fsp3) is 0.357. The van der Waals surface area contributed by atoms with Crippen LogP contribution in [0, 0.1) is 19.8 Å². The van der Waals surface area contributed by atoms with Crippen LogP contribution in [0.4, 0.5) is 5.69 Å². The van der Waals surface area contributed by atoms with Gasteiger partial charge in [0, 0.05) is 16.1 Å². The summed E-state index contributed by atoms with van der Waals surface area (Å²) in [5.74, 6) is 0.232. The Morgan fingerprint density at radius 3 is 2.29 bits per heavy atom. The lowest BCUT2D eigenvalue weighted by atomic mass is 10.1. The molecule has 0 spiro atoms. The highest BCUT2D eigenvalue weighted by molar-refractivity contribution is 9.10. The van der Waals surface area contributed by atoms with Gasteiger partial charge < -0.3 is 5.32 Å². The molecule has 1 aromatic carbocycles. The Morgan fingerprint density at radius 1 is 1.24 bits per heavy atom. The van der Waals surface area contributed by atoms with Crippen LogP contribution in [0.25, 0.3) is 0 Å². The van der Waals surface area contributed by atoms with E-state index in [2.05, 4.69) is 33.4 Å². The van der Waals surface area contributed by atoms with Crippen molar-refractivity contribution >= 4 is 27.5 Å². The van der Waals surface area contributed by atoms with Crippen LogP contribution >= 0.6 is 15.9 Å². The van der Waals surface area contributed by atoms with Gasteiger partial charge in [0.2, 0.25) is 5.91 Å². The maximum absolute atomic E-state index is 12.0. The second kappa shape index (κ2) is 5.05. The molecule has 0 fully saturated rings. The topological polar surface area (TPSA) is 29.1 Å². The maximum Gasteiger partial charge on any atom is 0.228 e. The zero-order valence-corrected chi connectivity index (χ0v) is 11.7. The first-order valence-electron chi connectivity index (χ1n) is 5.80. The van der Waals surface area contributed by atoms with Crippen molar-refractivity contribution in [2.24, 2.45) is 5.92 Å². The summed E-state index contributed by atoms with van der Waals surface area (Å²) in [4.78, 5) is 12.0. The van der Waals surface area contributed by atoms with Gasteiger partial charge in [0.15, 0.2) is 0 Å². The van der Waals surface area contributed by atoms with Crippen molar-refractivity contribution < 1.29 is 4.79 Å². The van der Waals surface area contributed by atoms with Gasteiger partial charge >= 0.3 is 0 Å². The minimum atomic E-state index is 0.110. The average Bonchev–Trinajstić information content (AvgIpc) is 2.79. The first-order chi connectivity index (χ1) is 8.08. The molecule has 17 heavy (non-hydrogen) atoms. The summed E-state index contributed by atoms with van der Waals surface area (Å²) in [5.41, 5.74) is 3.18. The van der Waals surface area contributed by atoms with Crippen LogP contribution in [-0.2, 0) is 4.79 Å². The van der Waals surface area contributed by atoms with Gasteiger partial charge in [-0.25, -0.2) is 0 Å². The minimum Gasteiger partial charge on any atom is -0.326 e. The molecule has 1 aliphatic rings. The summed E-state index contributed by atoms with van der Waals surface area (Å²) in [7, 11) is 0. The van der Waals surface area contributed by atoms with Crippen molar-refractivity contribution in [2.75, 3.05) is 5.32 Å². The zero-order chi connectivity index (χ0) is 12.4. The predicted molar refractivity (Wildman–Crippen MR) is 74.1 cm³/mol. The first-order valence-corrected chi connectivity index (χ1v) is 6.60. The van der Waals surface area contributed by atoms with Crippen LogP contribution in [0.2, 0.25) is 0 Å². The molecule has 0 radical (unpaired) electrons. The SMILES string of the molecule is Cc1cc(NC(=O)C2CC=CC2)cc(C)c1Br. The lowest BCUT2D eigenvalue weighted by molar-refractivity contribution is -0.119. The van der Waals surface area contributed by atoms with E-state index in [1.807, 2.05) is 26.0 Å². The number of hydrogen-bond donors (Lipinski definition) is 1. The fourth-order valence-electron chi connectivity index (χ4n) is 2.09. The summed E-state index contributed by atoms with van der Waals surface area (Å²) < 4.78 is 1.11. The number of nitrogens with one attached hydrogen (secondary N) is 1. The van der Waals surface area contributed by atoms with E-state index in [9.17, 15) is 4.79 Å². The first kappa shape index (κ1) is 12.4. The maximum atomic E-state index is 12.0. The molecule has 2 rings (SSSR count). The van der Waals surface area contributed by atoms with Gasteiger partial charge in [-0.1, -0.05) is 28.1 Å². The van der Waals surface area contributed by atoms with E-state index < -0.39 is 0 Å². The predicted octanol–water partition coefficient (Wildman–Crippen LogP) is 3.97. The summed E-state index contributed by atoms with van der Waals surface area (Å²) in [6, 6.07) is 3.99. The quantitative estimate of drug-likeness (QED) is 0.822. The lowest BCUT2D eigenvalue weighted by Crippen LogP contribution is -2.20. The minimum absolute atomic E-state index is 0.110. The highest BCUT2D eigenvalue weighted by Crippen LogP contribution is 2.26. The molecule has 0 aromatic heterocycles. The molecule has 0 atom stereocenters. The monoisotopic (exact) mass is 293 g/mol. The van der Waals surface area contributed by atoms with Crippen LogP contribution < -0.4 is 5.32 Å². The number of anilines is 1. The Kier molecular flexibility index (Phi) is 3.67. The summed E-state index contributed by atoms with van der Waals surface area (Å²) in [6.45, 7) is 4.06. The van der Waals surface area contributed by atoms with Crippen molar-refractivity contribution in [1.29, 1.82) is 0 Å². The van der Waals surface area contributed by atoms with Crippen LogP contribution in [0.3, 0.4) is 0 Å². The third kappa shape index (κ3) is 2.78. The third-order valence-corrected chi connectivity index (χ3v) is 4.33. The van der Waals surface area contributed by atoms with Crippen LogP contribution in [0.5, 0.6) is 0 Å². The zero-order valence-electron chi connectivity index (χ0n) is 10.1. The molecule has 0 saturated carbocycles. The largest absolute Gasteiger partial charge is 0.326 e. The Morgan fingerprint density at radius 2 is 1.76 bits per heavy atom. The molecule has 1 aliphatic carbocycles. The molecule has 1 aromatic rings. The Hall–Kier alpha value is -1.09. The van der Waals surface area contributed by atoms with Crippen LogP contribution in [0.15, 0.2) is 28.8 Å². The number of benzene rings is 1. The van der Waals surface area contributed by atoms with Gasteiger partial charge in [-0.15, -0.1) is 0 Å². The van der Waals surface area contributed by atoms with Crippen LogP contribution in [0.1, 0.15) is 24.0 Å². The molecule has 3 heteroatoms. The molecular weight excluding hydrogens is 278 g/mol. The number of hydrogen-bond acceptors (Lipinski definition) is 1. The molecule has 0 heterocycles. The molecule has 2 nitrogen and oxygen atoms in total. The van der Waals surface area contributed by atoms with E-state index in [1.165, 1.54) is 0 Å². The van der Waals surface area contributed by atoms with Gasteiger partial charge in [-0.2, -0.15) is 0 Å². The molecule has 90 valence electrons. The lowest BCUT2D eigenvalue weighted by Gasteiger charge is -2.12. The standard InChI is InChI=1S/C14H16BrNO/c1-9-7-12(8-10(2)13(9)15)16-14(17)11-5-3-4-6-11/h3-4,7-8,11H,5-6H2,1-2H3,(H,16,17). The molecular formula is C14H16BrNO. The molecule has 0 bridgehead atoms. The van der Waals surface area contributed by atoms with Gasteiger partial charge in [0.05, 0.1) is 0 Å². The van der Waals surface area contributed by atoms with E-state index in [4.69, 9.17) is 0 Å². The van der Waals surface area contributed by atoms with Crippen molar-refractivity contribution in [3.8, 4) is 0 Å². The average molecular weight is 294 g/mol. The van der Waals surface area contributed by atoms with Gasteiger partial charge in [0.25, 0.3) is 0 Å². The van der Waals surface area contributed by atoms with E-state index >= 15 is 0 Å². The normalized spacial score (nSPS) is 15.2. The van der Waals surface area contributed by atoms with Crippen molar-refractivity contribution in [2.45, 2.75) is 26.7 Å². The van der Waals surface area contributed by atoms with E-state index in [1.54, 1.807) is 0 Å². The fourth-order valence-corrected chi connectivity index (χ4v) is 2.32. The highest BCUT2D eigenvalue weighted by atomic mass is 79.9. The van der Waals surface area contributed by atoms with E-state index in [-0.39, 0.29) is 11.8 Å². The smallest absolute Gasteiger partial charge is 0.228 e. The molecule has 0 unspecified atom stereocenters. The number of rotatable bonds is 2. The summed E-state index contributed by atoms with van der Waals surface area (Å²) in [5, 5.41) is 2.99. The highest BCUT2D eigenvalue weighted by Gasteiger charge is 2.19. The number of allylic oxidation sites excluding steroid dienone is 2. The molecule has 0 saturated heterocycles. The number of carbonyl (C=O) groups is 1. The van der Waals surface area contributed by atoms with Gasteiger partial charge in [-0.3, -0.25) is 4.79 Å². The van der Waals surface area contributed by atoms with Crippen molar-refractivity contribution in [3.05, 3.63) is 39.9 Å². The summed E-state index contributed by atoms with van der Waals surface area (Å²) >= 11 is 3.52. The van der Waals surface area contributed by atoms with Crippen molar-refractivity contribution in [1.82, 2.24) is 0 Å². The molecule has 0 aliphatic heterocycles. The third-order valence-electron chi connectivity index (χ3n) is 3.08. The molecule has 1 amide bonds. The Bertz CT molecular complexity index is 448. The molecule has 1 N–H and O–H groups in total. The van der Waals surface area contributed by atoms with Crippen molar-refractivity contribution in [3.63, 3.8) is 0 Å². The van der Waals surface area contributed by atoms with Gasteiger partial charge in [-0.05, 0) is 49.9 Å².